The molecule has 0 saturated heterocycles. The van der Waals surface area contributed by atoms with Crippen molar-refractivity contribution in [3.05, 3.63) is 78.6 Å². The molecule has 0 aliphatic heterocycles. The van der Waals surface area contributed by atoms with Crippen LogP contribution in [0.15, 0.2) is 78.2 Å². The molecule has 0 atom stereocenters. The van der Waals surface area contributed by atoms with Crippen LogP contribution in [0.3, 0.4) is 0 Å². The van der Waals surface area contributed by atoms with Crippen LogP contribution in [-0.2, 0) is 4.79 Å². The number of benzene rings is 3. The molecule has 8 heteroatoms. The van der Waals surface area contributed by atoms with Crippen LogP contribution in [0.5, 0.6) is 11.8 Å². The molecule has 0 bridgehead atoms. The summed E-state index contributed by atoms with van der Waals surface area (Å²) < 4.78 is 12.3. The quantitative estimate of drug-likeness (QED) is 0.380. The highest BCUT2D eigenvalue weighted by atomic mass is 16.5. The zero-order valence-corrected chi connectivity index (χ0v) is 16.2. The van der Waals surface area contributed by atoms with E-state index in [1.807, 2.05) is 66.7 Å². The first-order valence-corrected chi connectivity index (χ1v) is 9.22. The fourth-order valence-electron chi connectivity index (χ4n) is 2.94. The van der Waals surface area contributed by atoms with Gasteiger partial charge in [0.05, 0.1) is 19.0 Å². The molecule has 0 radical (unpaired) electrons. The van der Waals surface area contributed by atoms with E-state index in [2.05, 4.69) is 20.6 Å². The molecule has 4 aromatic rings. The van der Waals surface area contributed by atoms with Crippen LogP contribution < -0.4 is 14.9 Å². The Labute approximate surface area is 172 Å². The summed E-state index contributed by atoms with van der Waals surface area (Å²) in [4.78, 5) is 16.1. The second-order valence-electron chi connectivity index (χ2n) is 6.29. The summed E-state index contributed by atoms with van der Waals surface area (Å²) >= 11 is 0. The number of fused-ring (bicyclic) bond motifs is 1. The number of hydrazone groups is 1. The van der Waals surface area contributed by atoms with Crippen molar-refractivity contribution in [1.82, 2.24) is 20.2 Å². The van der Waals surface area contributed by atoms with E-state index in [0.29, 0.717) is 5.75 Å². The molecule has 3 aromatic carbocycles. The number of aromatic nitrogens is 3. The number of hydrogen-bond donors (Lipinski definition) is 1. The number of ether oxygens (including phenoxy) is 2. The van der Waals surface area contributed by atoms with Crippen molar-refractivity contribution in [1.29, 1.82) is 0 Å². The highest BCUT2D eigenvalue weighted by molar-refractivity contribution is 6.02. The maximum Gasteiger partial charge on any atom is 0.336 e. The minimum absolute atomic E-state index is 0.105. The van der Waals surface area contributed by atoms with Gasteiger partial charge in [0.15, 0.2) is 6.61 Å². The first-order chi connectivity index (χ1) is 14.7. The van der Waals surface area contributed by atoms with Gasteiger partial charge in [-0.2, -0.15) is 10.1 Å². The lowest BCUT2D eigenvalue weighted by atomic mass is 10.0. The molecule has 1 amide bonds. The molecule has 0 aliphatic rings. The average molecular weight is 401 g/mol. The summed E-state index contributed by atoms with van der Waals surface area (Å²) in [6, 6.07) is 21.3. The van der Waals surface area contributed by atoms with Crippen LogP contribution in [0.2, 0.25) is 0 Å². The van der Waals surface area contributed by atoms with E-state index < -0.39 is 5.91 Å². The number of carbonyl (C=O) groups excluding carboxylic acids is 1. The Hall–Kier alpha value is -4.20. The van der Waals surface area contributed by atoms with E-state index in [0.717, 1.165) is 22.0 Å². The molecule has 1 N–H and O–H groups in total. The molecule has 0 saturated carbocycles. The van der Waals surface area contributed by atoms with Crippen LogP contribution in [0.25, 0.3) is 16.5 Å². The van der Waals surface area contributed by atoms with E-state index in [-0.39, 0.29) is 12.6 Å². The number of methoxy groups -OCH3 is 1. The van der Waals surface area contributed by atoms with Crippen molar-refractivity contribution in [2.45, 2.75) is 0 Å². The van der Waals surface area contributed by atoms with Crippen LogP contribution >= 0.6 is 0 Å². The largest absolute Gasteiger partial charge is 0.496 e. The standard InChI is InChI=1S/C22H19N5O3/c1-29-20-12-11-16-7-5-6-10-18(16)19(20)13-24-25-21(28)14-30-22-23-15-27(26-22)17-8-3-2-4-9-17/h2-13,15H,14H2,1H3,(H,25,28). The molecular weight excluding hydrogens is 382 g/mol. The molecule has 4 rings (SSSR count). The Morgan fingerprint density at radius 3 is 2.73 bits per heavy atom. The normalized spacial score (nSPS) is 11.0. The maximum atomic E-state index is 12.1. The minimum Gasteiger partial charge on any atom is -0.496 e. The fraction of sp³-hybridized carbons (Fsp3) is 0.0909. The van der Waals surface area contributed by atoms with E-state index in [1.165, 1.54) is 6.33 Å². The van der Waals surface area contributed by atoms with E-state index in [1.54, 1.807) is 18.0 Å². The van der Waals surface area contributed by atoms with Gasteiger partial charge < -0.3 is 9.47 Å². The molecule has 0 fully saturated rings. The molecule has 0 aliphatic carbocycles. The van der Waals surface area contributed by atoms with Gasteiger partial charge in [-0.05, 0) is 29.0 Å². The Morgan fingerprint density at radius 2 is 1.90 bits per heavy atom. The number of para-hydroxylation sites is 1. The number of hydrogen-bond acceptors (Lipinski definition) is 6. The molecule has 8 nitrogen and oxygen atoms in total. The van der Waals surface area contributed by atoms with E-state index >= 15 is 0 Å². The van der Waals surface area contributed by atoms with Crippen LogP contribution in [0, 0.1) is 0 Å². The maximum absolute atomic E-state index is 12.1. The van der Waals surface area contributed by atoms with Crippen molar-refractivity contribution < 1.29 is 14.3 Å². The Kier molecular flexibility index (Phi) is 5.66. The highest BCUT2D eigenvalue weighted by Gasteiger charge is 2.08. The zero-order chi connectivity index (χ0) is 20.8. The summed E-state index contributed by atoms with van der Waals surface area (Å²) in [6.45, 7) is -0.261. The third kappa shape index (κ3) is 4.27. The van der Waals surface area contributed by atoms with Gasteiger partial charge in [-0.1, -0.05) is 48.5 Å². The Balaban J connectivity index is 1.37. The second kappa shape index (κ2) is 8.87. The predicted molar refractivity (Wildman–Crippen MR) is 113 cm³/mol. The van der Waals surface area contributed by atoms with Gasteiger partial charge in [-0.25, -0.2) is 10.1 Å². The summed E-state index contributed by atoms with van der Waals surface area (Å²) in [5.41, 5.74) is 4.07. The number of amides is 1. The average Bonchev–Trinajstić information content (AvgIpc) is 3.27. The molecule has 0 spiro atoms. The number of rotatable bonds is 7. The molecule has 1 aromatic heterocycles. The lowest BCUT2D eigenvalue weighted by molar-refractivity contribution is -0.123. The number of carbonyl (C=O) groups is 1. The van der Waals surface area contributed by atoms with Crippen molar-refractivity contribution in [2.75, 3.05) is 13.7 Å². The van der Waals surface area contributed by atoms with Gasteiger partial charge >= 0.3 is 6.01 Å². The molecular formula is C22H19N5O3. The van der Waals surface area contributed by atoms with Crippen LogP contribution in [0.4, 0.5) is 0 Å². The van der Waals surface area contributed by atoms with E-state index in [4.69, 9.17) is 9.47 Å². The van der Waals surface area contributed by atoms with Crippen molar-refractivity contribution >= 4 is 22.9 Å². The molecule has 30 heavy (non-hydrogen) atoms. The Bertz CT molecular complexity index is 1190. The van der Waals surface area contributed by atoms with Gasteiger partial charge in [-0.3, -0.25) is 4.79 Å². The number of nitrogens with one attached hydrogen (secondary N) is 1. The molecule has 0 unspecified atom stereocenters. The van der Waals surface area contributed by atoms with E-state index in [9.17, 15) is 4.79 Å². The number of nitrogens with zero attached hydrogens (tertiary/aromatic N) is 4. The zero-order valence-electron chi connectivity index (χ0n) is 16.2. The van der Waals surface area contributed by atoms with Gasteiger partial charge in [0.25, 0.3) is 5.91 Å². The van der Waals surface area contributed by atoms with Crippen LogP contribution in [0.1, 0.15) is 5.56 Å². The third-order valence-electron chi connectivity index (χ3n) is 4.36. The summed E-state index contributed by atoms with van der Waals surface area (Å²) in [5.74, 6) is 0.236. The topological polar surface area (TPSA) is 90.6 Å². The molecule has 150 valence electrons. The SMILES string of the molecule is COc1ccc2ccccc2c1C=NNC(=O)COc1ncn(-c2ccccc2)n1. The predicted octanol–water partition coefficient (Wildman–Crippen LogP) is 2.96. The van der Waals surface area contributed by atoms with Crippen molar-refractivity contribution in [3.63, 3.8) is 0 Å². The summed E-state index contributed by atoms with van der Waals surface area (Å²) in [5, 5.41) is 10.2. The van der Waals surface area contributed by atoms with Crippen molar-refractivity contribution in [3.8, 4) is 17.4 Å². The van der Waals surface area contributed by atoms with Gasteiger partial charge in [0, 0.05) is 5.56 Å². The van der Waals surface area contributed by atoms with Gasteiger partial charge in [-0.15, -0.1) is 5.10 Å². The lowest BCUT2D eigenvalue weighted by Gasteiger charge is -2.08. The smallest absolute Gasteiger partial charge is 0.336 e. The first-order valence-electron chi connectivity index (χ1n) is 9.22. The van der Waals surface area contributed by atoms with Gasteiger partial charge in [0.1, 0.15) is 12.1 Å². The second-order valence-corrected chi connectivity index (χ2v) is 6.29. The third-order valence-corrected chi connectivity index (χ3v) is 4.36. The van der Waals surface area contributed by atoms with Crippen molar-refractivity contribution in [2.24, 2.45) is 5.10 Å². The van der Waals surface area contributed by atoms with Gasteiger partial charge in [0.2, 0.25) is 0 Å². The lowest BCUT2D eigenvalue weighted by Crippen LogP contribution is -2.25. The Morgan fingerprint density at radius 1 is 1.10 bits per heavy atom. The summed E-state index contributed by atoms with van der Waals surface area (Å²) in [7, 11) is 1.59. The monoisotopic (exact) mass is 401 g/mol. The fourth-order valence-corrected chi connectivity index (χ4v) is 2.94. The minimum atomic E-state index is -0.429. The first kappa shape index (κ1) is 19.1. The highest BCUT2D eigenvalue weighted by Crippen LogP contribution is 2.26. The summed E-state index contributed by atoms with van der Waals surface area (Å²) in [6.07, 6.45) is 3.08. The molecule has 1 heterocycles. The van der Waals surface area contributed by atoms with Crippen LogP contribution in [-0.4, -0.2) is 40.6 Å².